The van der Waals surface area contributed by atoms with E-state index in [0.29, 0.717) is 0 Å². The Morgan fingerprint density at radius 1 is 1.29 bits per heavy atom. The fourth-order valence-electron chi connectivity index (χ4n) is 3.02. The van der Waals surface area contributed by atoms with Gasteiger partial charge in [0.15, 0.2) is 0 Å². The predicted molar refractivity (Wildman–Crippen MR) is 50.1 cm³/mol. The maximum Gasteiger partial charge on any atom is 0.405 e. The number of amides is 1. The van der Waals surface area contributed by atoms with Crippen LogP contribution in [0.25, 0.3) is 0 Å². The molecule has 3 aliphatic rings. The normalized spacial score (nSPS) is 38.3. The third kappa shape index (κ3) is 0.806. The summed E-state index contributed by atoms with van der Waals surface area (Å²) < 4.78 is 2.21. The van der Waals surface area contributed by atoms with E-state index in [1.807, 2.05) is 12.1 Å². The minimum absolute atomic E-state index is 0.101. The SMILES string of the molecule is O=C(O)NC12CC(n3cccc3)(C1)C2. The summed E-state index contributed by atoms with van der Waals surface area (Å²) in [5, 5.41) is 11.2. The molecule has 0 aliphatic heterocycles. The lowest BCUT2D eigenvalue weighted by Gasteiger charge is -2.70. The molecule has 0 atom stereocenters. The first kappa shape index (κ1) is 7.91. The monoisotopic (exact) mass is 192 g/mol. The Morgan fingerprint density at radius 2 is 1.86 bits per heavy atom. The van der Waals surface area contributed by atoms with Crippen LogP contribution in [-0.2, 0) is 5.54 Å². The van der Waals surface area contributed by atoms with Crippen LogP contribution in [0.1, 0.15) is 19.3 Å². The Bertz CT molecular complexity index is 363. The highest BCUT2D eigenvalue weighted by atomic mass is 16.4. The van der Waals surface area contributed by atoms with E-state index in [1.54, 1.807) is 0 Å². The third-order valence-corrected chi connectivity index (χ3v) is 3.53. The largest absolute Gasteiger partial charge is 0.465 e. The van der Waals surface area contributed by atoms with Crippen molar-refractivity contribution in [3.05, 3.63) is 24.5 Å². The zero-order chi connectivity index (χ0) is 9.81. The van der Waals surface area contributed by atoms with Crippen molar-refractivity contribution in [1.82, 2.24) is 9.88 Å². The lowest BCUT2D eigenvalue weighted by atomic mass is 9.44. The molecule has 4 heteroatoms. The Hall–Kier alpha value is -1.45. The van der Waals surface area contributed by atoms with E-state index < -0.39 is 6.09 Å². The highest BCUT2D eigenvalue weighted by Gasteiger charge is 2.69. The summed E-state index contributed by atoms with van der Waals surface area (Å²) in [4.78, 5) is 10.5. The van der Waals surface area contributed by atoms with E-state index in [-0.39, 0.29) is 11.1 Å². The van der Waals surface area contributed by atoms with Crippen molar-refractivity contribution in [1.29, 1.82) is 0 Å². The highest BCUT2D eigenvalue weighted by molar-refractivity contribution is 5.67. The molecule has 3 fully saturated rings. The van der Waals surface area contributed by atoms with Crippen LogP contribution in [0.15, 0.2) is 24.5 Å². The molecule has 0 unspecified atom stereocenters. The molecule has 4 nitrogen and oxygen atoms in total. The smallest absolute Gasteiger partial charge is 0.405 e. The lowest BCUT2D eigenvalue weighted by molar-refractivity contribution is -0.132. The summed E-state index contributed by atoms with van der Waals surface area (Å²) in [7, 11) is 0. The zero-order valence-corrected chi connectivity index (χ0v) is 7.73. The summed E-state index contributed by atoms with van der Waals surface area (Å²) >= 11 is 0. The van der Waals surface area contributed by atoms with E-state index in [4.69, 9.17) is 5.11 Å². The molecule has 1 aromatic heterocycles. The molecule has 0 spiro atoms. The first-order chi connectivity index (χ1) is 6.64. The van der Waals surface area contributed by atoms with Gasteiger partial charge in [0.2, 0.25) is 0 Å². The number of nitrogens with zero attached hydrogens (tertiary/aromatic N) is 1. The number of rotatable bonds is 2. The van der Waals surface area contributed by atoms with Crippen molar-refractivity contribution in [2.75, 3.05) is 0 Å². The number of carboxylic acid groups (broad SMARTS) is 1. The van der Waals surface area contributed by atoms with Crippen molar-refractivity contribution in [3.63, 3.8) is 0 Å². The number of hydrogen-bond donors (Lipinski definition) is 2. The Kier molecular flexibility index (Phi) is 1.20. The molecule has 2 bridgehead atoms. The minimum atomic E-state index is -0.897. The van der Waals surface area contributed by atoms with Gasteiger partial charge in [0.05, 0.1) is 11.1 Å². The molecule has 14 heavy (non-hydrogen) atoms. The standard InChI is InChI=1S/C10H12N2O2/c13-8(14)11-9-5-10(6-9,7-9)12-3-1-2-4-12/h1-4,11H,5-7H2,(H,13,14). The van der Waals surface area contributed by atoms with E-state index in [9.17, 15) is 4.79 Å². The van der Waals surface area contributed by atoms with Gasteiger partial charge in [0, 0.05) is 12.4 Å². The molecule has 1 heterocycles. The molecule has 0 aromatic carbocycles. The Balaban J connectivity index is 1.72. The van der Waals surface area contributed by atoms with Crippen LogP contribution < -0.4 is 5.32 Å². The number of carbonyl (C=O) groups is 1. The van der Waals surface area contributed by atoms with Crippen LogP contribution in [-0.4, -0.2) is 21.3 Å². The van der Waals surface area contributed by atoms with E-state index >= 15 is 0 Å². The summed E-state index contributed by atoms with van der Waals surface area (Å²) in [6.07, 6.45) is 6.06. The van der Waals surface area contributed by atoms with Crippen LogP contribution in [0, 0.1) is 0 Å². The topological polar surface area (TPSA) is 54.3 Å². The van der Waals surface area contributed by atoms with Crippen LogP contribution >= 0.6 is 0 Å². The third-order valence-electron chi connectivity index (χ3n) is 3.53. The van der Waals surface area contributed by atoms with Gasteiger partial charge < -0.3 is 15.0 Å². The van der Waals surface area contributed by atoms with Gasteiger partial charge in [-0.05, 0) is 31.4 Å². The molecule has 3 aliphatic carbocycles. The average molecular weight is 192 g/mol. The van der Waals surface area contributed by atoms with E-state index in [0.717, 1.165) is 19.3 Å². The molecule has 74 valence electrons. The number of hydrogen-bond acceptors (Lipinski definition) is 1. The van der Waals surface area contributed by atoms with Crippen molar-refractivity contribution in [3.8, 4) is 0 Å². The van der Waals surface area contributed by atoms with E-state index in [2.05, 4.69) is 22.3 Å². The maximum absolute atomic E-state index is 10.5. The quantitative estimate of drug-likeness (QED) is 0.743. The second kappa shape index (κ2) is 2.13. The molecule has 0 saturated heterocycles. The van der Waals surface area contributed by atoms with Gasteiger partial charge in [-0.3, -0.25) is 0 Å². The molecule has 1 amide bonds. The predicted octanol–water partition coefficient (Wildman–Crippen LogP) is 1.39. The first-order valence-corrected chi connectivity index (χ1v) is 4.79. The van der Waals surface area contributed by atoms with Gasteiger partial charge in [-0.2, -0.15) is 0 Å². The lowest BCUT2D eigenvalue weighted by Crippen LogP contribution is -2.78. The second-order valence-electron chi connectivity index (χ2n) is 4.56. The van der Waals surface area contributed by atoms with Gasteiger partial charge in [-0.1, -0.05) is 0 Å². The second-order valence-corrected chi connectivity index (χ2v) is 4.56. The summed E-state index contributed by atoms with van der Waals surface area (Å²) in [5.74, 6) is 0. The highest BCUT2D eigenvalue weighted by Crippen LogP contribution is 2.65. The molecule has 0 radical (unpaired) electrons. The summed E-state index contributed by atoms with van der Waals surface area (Å²) in [6, 6.07) is 4.02. The first-order valence-electron chi connectivity index (χ1n) is 4.79. The molecule has 3 saturated carbocycles. The molecular formula is C10H12N2O2. The Labute approximate surface area is 81.5 Å². The van der Waals surface area contributed by atoms with Crippen LogP contribution in [0.5, 0.6) is 0 Å². The molecule has 4 rings (SSSR count). The van der Waals surface area contributed by atoms with Crippen molar-refractivity contribution < 1.29 is 9.90 Å². The molecule has 1 aromatic rings. The number of aromatic nitrogens is 1. The van der Waals surface area contributed by atoms with Gasteiger partial charge in [-0.25, -0.2) is 4.79 Å². The summed E-state index contributed by atoms with van der Waals surface area (Å²) in [5.41, 5.74) is 0.127. The van der Waals surface area contributed by atoms with Gasteiger partial charge in [0.1, 0.15) is 0 Å². The van der Waals surface area contributed by atoms with E-state index in [1.165, 1.54) is 0 Å². The van der Waals surface area contributed by atoms with Crippen molar-refractivity contribution in [2.45, 2.75) is 30.3 Å². The average Bonchev–Trinajstić information content (AvgIpc) is 2.44. The molecule has 2 N–H and O–H groups in total. The minimum Gasteiger partial charge on any atom is -0.465 e. The van der Waals surface area contributed by atoms with Gasteiger partial charge in [-0.15, -0.1) is 0 Å². The summed E-state index contributed by atoms with van der Waals surface area (Å²) in [6.45, 7) is 0. The van der Waals surface area contributed by atoms with Gasteiger partial charge in [0.25, 0.3) is 0 Å². The molecular weight excluding hydrogens is 180 g/mol. The maximum atomic E-state index is 10.5. The van der Waals surface area contributed by atoms with Gasteiger partial charge >= 0.3 is 6.09 Å². The van der Waals surface area contributed by atoms with Crippen molar-refractivity contribution >= 4 is 6.09 Å². The van der Waals surface area contributed by atoms with Crippen LogP contribution in [0.4, 0.5) is 4.79 Å². The van der Waals surface area contributed by atoms with Crippen LogP contribution in [0.2, 0.25) is 0 Å². The van der Waals surface area contributed by atoms with Crippen LogP contribution in [0.3, 0.4) is 0 Å². The van der Waals surface area contributed by atoms with Crippen molar-refractivity contribution in [2.24, 2.45) is 0 Å². The Morgan fingerprint density at radius 3 is 2.36 bits per heavy atom. The zero-order valence-electron chi connectivity index (χ0n) is 7.73. The fourth-order valence-corrected chi connectivity index (χ4v) is 3.02. The number of nitrogens with one attached hydrogen (secondary N) is 1. The fraction of sp³-hybridized carbons (Fsp3) is 0.500.